The number of carboxylic acid groups (broad SMARTS) is 1. The van der Waals surface area contributed by atoms with E-state index in [4.69, 9.17) is 9.84 Å². The van der Waals surface area contributed by atoms with Gasteiger partial charge in [-0.3, -0.25) is 9.59 Å². The Morgan fingerprint density at radius 2 is 2.27 bits per heavy atom. The zero-order chi connectivity index (χ0) is 11.3. The van der Waals surface area contributed by atoms with E-state index in [1.807, 2.05) is 0 Å². The van der Waals surface area contributed by atoms with Gasteiger partial charge in [-0.2, -0.15) is 0 Å². The summed E-state index contributed by atoms with van der Waals surface area (Å²) < 4.78 is 18.0. The normalized spacial score (nSPS) is 9.67. The molecule has 0 bridgehead atoms. The number of rotatable bonds is 5. The quantitative estimate of drug-likeness (QED) is 0.751. The van der Waals surface area contributed by atoms with Gasteiger partial charge in [-0.15, -0.1) is 0 Å². The van der Waals surface area contributed by atoms with Crippen LogP contribution >= 0.6 is 0 Å². The maximum atomic E-state index is 13.1. The van der Waals surface area contributed by atoms with Crippen LogP contribution < -0.4 is 4.74 Å². The van der Waals surface area contributed by atoms with Gasteiger partial charge in [-0.25, -0.2) is 4.39 Å². The molecular weight excluding hydrogens is 203 g/mol. The molecule has 0 aliphatic carbocycles. The lowest BCUT2D eigenvalue weighted by Gasteiger charge is -2.05. The van der Waals surface area contributed by atoms with Gasteiger partial charge in [0.15, 0.2) is 11.6 Å². The van der Waals surface area contributed by atoms with Crippen LogP contribution in [-0.4, -0.2) is 24.0 Å². The Labute approximate surface area is 85.3 Å². The maximum absolute atomic E-state index is 13.1. The molecule has 5 heteroatoms. The van der Waals surface area contributed by atoms with Crippen molar-refractivity contribution in [3.05, 3.63) is 29.6 Å². The molecule has 15 heavy (non-hydrogen) atoms. The highest BCUT2D eigenvalue weighted by Gasteiger charge is 2.05. The first-order valence-corrected chi connectivity index (χ1v) is 4.23. The van der Waals surface area contributed by atoms with Gasteiger partial charge in [0.2, 0.25) is 0 Å². The Hall–Kier alpha value is -1.91. The van der Waals surface area contributed by atoms with Crippen molar-refractivity contribution in [1.29, 1.82) is 0 Å². The van der Waals surface area contributed by atoms with E-state index in [1.165, 1.54) is 12.1 Å². The van der Waals surface area contributed by atoms with Crippen LogP contribution in [0.2, 0.25) is 0 Å². The Bertz CT molecular complexity index is 376. The van der Waals surface area contributed by atoms with E-state index in [-0.39, 0.29) is 24.3 Å². The van der Waals surface area contributed by atoms with Crippen LogP contribution in [-0.2, 0) is 4.79 Å². The van der Waals surface area contributed by atoms with Crippen molar-refractivity contribution in [3.8, 4) is 5.75 Å². The number of carbonyl (C=O) groups excluding carboxylic acids is 1. The molecule has 1 rings (SSSR count). The fourth-order valence-electron chi connectivity index (χ4n) is 0.956. The lowest BCUT2D eigenvalue weighted by Crippen LogP contribution is -2.05. The number of carboxylic acids is 1. The largest absolute Gasteiger partial charge is 0.490 e. The molecule has 0 aliphatic heterocycles. The first kappa shape index (κ1) is 11.2. The summed E-state index contributed by atoms with van der Waals surface area (Å²) in [6.45, 7) is -0.104. The van der Waals surface area contributed by atoms with E-state index in [9.17, 15) is 14.0 Å². The Morgan fingerprint density at radius 1 is 1.53 bits per heavy atom. The van der Waals surface area contributed by atoms with Gasteiger partial charge in [-0.1, -0.05) is 0 Å². The van der Waals surface area contributed by atoms with Gasteiger partial charge in [0.25, 0.3) is 0 Å². The van der Waals surface area contributed by atoms with Crippen LogP contribution in [0.15, 0.2) is 18.2 Å². The second kappa shape index (κ2) is 5.09. The van der Waals surface area contributed by atoms with Crippen LogP contribution in [0.5, 0.6) is 5.75 Å². The Kier molecular flexibility index (Phi) is 3.79. The van der Waals surface area contributed by atoms with Gasteiger partial charge in [0.05, 0.1) is 13.0 Å². The third kappa shape index (κ3) is 3.38. The summed E-state index contributed by atoms with van der Waals surface area (Å²) in [5.74, 6) is -1.74. The van der Waals surface area contributed by atoms with Crippen LogP contribution in [0.25, 0.3) is 0 Å². The minimum atomic E-state index is -1.01. The summed E-state index contributed by atoms with van der Waals surface area (Å²) in [7, 11) is 0. The van der Waals surface area contributed by atoms with Crippen molar-refractivity contribution in [2.45, 2.75) is 6.42 Å². The highest BCUT2D eigenvalue weighted by atomic mass is 19.1. The lowest BCUT2D eigenvalue weighted by molar-refractivity contribution is -0.137. The zero-order valence-electron chi connectivity index (χ0n) is 7.77. The molecular formula is C10H9FO4. The minimum absolute atomic E-state index is 0.0538. The molecule has 0 saturated carbocycles. The van der Waals surface area contributed by atoms with Gasteiger partial charge < -0.3 is 9.84 Å². The lowest BCUT2D eigenvalue weighted by atomic mass is 10.2. The second-order valence-corrected chi connectivity index (χ2v) is 2.80. The third-order valence-electron chi connectivity index (χ3n) is 1.67. The Balaban J connectivity index is 2.62. The van der Waals surface area contributed by atoms with Crippen LogP contribution in [0.3, 0.4) is 0 Å². The van der Waals surface area contributed by atoms with Gasteiger partial charge in [0.1, 0.15) is 6.29 Å². The summed E-state index contributed by atoms with van der Waals surface area (Å²) in [6, 6.07) is 3.72. The molecule has 1 aromatic rings. The van der Waals surface area contributed by atoms with E-state index >= 15 is 0 Å². The molecule has 1 aromatic carbocycles. The molecule has 0 saturated heterocycles. The summed E-state index contributed by atoms with van der Waals surface area (Å²) in [5.41, 5.74) is 0.207. The van der Waals surface area contributed by atoms with E-state index in [2.05, 4.69) is 0 Å². The average molecular weight is 212 g/mol. The van der Waals surface area contributed by atoms with Crippen molar-refractivity contribution in [3.63, 3.8) is 0 Å². The summed E-state index contributed by atoms with van der Waals surface area (Å²) >= 11 is 0. The molecule has 0 radical (unpaired) electrons. The second-order valence-electron chi connectivity index (χ2n) is 2.80. The van der Waals surface area contributed by atoms with Crippen molar-refractivity contribution in [2.75, 3.05) is 6.61 Å². The number of benzene rings is 1. The number of carbonyl (C=O) groups is 2. The first-order valence-electron chi connectivity index (χ1n) is 4.23. The summed E-state index contributed by atoms with van der Waals surface area (Å²) in [6.07, 6.45) is 0.318. The first-order chi connectivity index (χ1) is 7.13. The molecule has 80 valence electrons. The molecule has 0 unspecified atom stereocenters. The number of halogens is 1. The molecule has 0 fully saturated rings. The highest BCUT2D eigenvalue weighted by molar-refractivity contribution is 5.75. The molecule has 0 atom stereocenters. The third-order valence-corrected chi connectivity index (χ3v) is 1.67. The van der Waals surface area contributed by atoms with Gasteiger partial charge in [-0.05, 0) is 18.2 Å². The number of ether oxygens (including phenoxy) is 1. The number of aliphatic carboxylic acids is 1. The molecule has 0 spiro atoms. The zero-order valence-corrected chi connectivity index (χ0v) is 7.77. The topological polar surface area (TPSA) is 63.6 Å². The molecule has 0 aliphatic rings. The maximum Gasteiger partial charge on any atom is 0.306 e. The highest BCUT2D eigenvalue weighted by Crippen LogP contribution is 2.17. The number of hydrogen-bond donors (Lipinski definition) is 1. The van der Waals surface area contributed by atoms with Gasteiger partial charge >= 0.3 is 5.97 Å². The van der Waals surface area contributed by atoms with Crippen molar-refractivity contribution >= 4 is 12.3 Å². The SMILES string of the molecule is O=Cc1ccc(OCCC(=O)O)c(F)c1. The van der Waals surface area contributed by atoms with Crippen LogP contribution in [0.4, 0.5) is 4.39 Å². The van der Waals surface area contributed by atoms with Crippen molar-refractivity contribution in [1.82, 2.24) is 0 Å². The van der Waals surface area contributed by atoms with Crippen LogP contribution in [0, 0.1) is 5.82 Å². The van der Waals surface area contributed by atoms with Crippen molar-refractivity contribution in [2.24, 2.45) is 0 Å². The minimum Gasteiger partial charge on any atom is -0.490 e. The molecule has 4 nitrogen and oxygen atoms in total. The van der Waals surface area contributed by atoms with Crippen molar-refractivity contribution < 1.29 is 23.8 Å². The molecule has 0 amide bonds. The average Bonchev–Trinajstić information content (AvgIpc) is 2.20. The Morgan fingerprint density at radius 3 is 2.80 bits per heavy atom. The number of hydrogen-bond acceptors (Lipinski definition) is 3. The van der Waals surface area contributed by atoms with Crippen LogP contribution in [0.1, 0.15) is 16.8 Å². The van der Waals surface area contributed by atoms with E-state index in [1.54, 1.807) is 0 Å². The van der Waals surface area contributed by atoms with Gasteiger partial charge in [0, 0.05) is 5.56 Å². The fourth-order valence-corrected chi connectivity index (χ4v) is 0.956. The smallest absolute Gasteiger partial charge is 0.306 e. The summed E-state index contributed by atoms with van der Waals surface area (Å²) in [4.78, 5) is 20.4. The molecule has 1 N–H and O–H groups in total. The summed E-state index contributed by atoms with van der Waals surface area (Å²) in [5, 5.41) is 8.32. The van der Waals surface area contributed by atoms with E-state index in [0.717, 1.165) is 6.07 Å². The standard InChI is InChI=1S/C10H9FO4/c11-8-5-7(6-12)1-2-9(8)15-4-3-10(13)14/h1-2,5-6H,3-4H2,(H,13,14). The fraction of sp³-hybridized carbons (Fsp3) is 0.200. The van der Waals surface area contributed by atoms with E-state index < -0.39 is 11.8 Å². The monoisotopic (exact) mass is 212 g/mol. The molecule has 0 aromatic heterocycles. The van der Waals surface area contributed by atoms with E-state index in [0.29, 0.717) is 6.29 Å². The molecule has 0 heterocycles. The predicted octanol–water partition coefficient (Wildman–Crippen LogP) is 1.49. The number of aldehydes is 1. The predicted molar refractivity (Wildman–Crippen MR) is 49.5 cm³/mol.